The normalized spacial score (nSPS) is 11.3. The zero-order valence-electron chi connectivity index (χ0n) is 19.0. The first-order valence-corrected chi connectivity index (χ1v) is 12.2. The van der Waals surface area contributed by atoms with Gasteiger partial charge >= 0.3 is 0 Å². The molecule has 2 heterocycles. The SMILES string of the molecule is COc1ccc(S(=O)(=O)N(C(=O)Cc2cccnc2)c2ccccc2C=Cc2ccncc2)cc1. The van der Waals surface area contributed by atoms with Crippen molar-refractivity contribution in [2.45, 2.75) is 11.3 Å². The molecule has 35 heavy (non-hydrogen) atoms. The van der Waals surface area contributed by atoms with Gasteiger partial charge in [-0.2, -0.15) is 0 Å². The number of rotatable bonds is 8. The van der Waals surface area contributed by atoms with E-state index in [2.05, 4.69) is 9.97 Å². The van der Waals surface area contributed by atoms with Gasteiger partial charge < -0.3 is 4.74 Å². The number of sulfonamides is 1. The molecule has 176 valence electrons. The highest BCUT2D eigenvalue weighted by molar-refractivity contribution is 7.93. The topological polar surface area (TPSA) is 89.5 Å². The van der Waals surface area contributed by atoms with E-state index in [0.717, 1.165) is 9.87 Å². The van der Waals surface area contributed by atoms with Crippen molar-refractivity contribution in [3.63, 3.8) is 0 Å². The number of anilines is 1. The van der Waals surface area contributed by atoms with Crippen molar-refractivity contribution in [2.75, 3.05) is 11.4 Å². The number of benzene rings is 2. The van der Waals surface area contributed by atoms with Crippen LogP contribution in [0.4, 0.5) is 5.69 Å². The van der Waals surface area contributed by atoms with Crippen molar-refractivity contribution in [2.24, 2.45) is 0 Å². The summed E-state index contributed by atoms with van der Waals surface area (Å²) >= 11 is 0. The first-order valence-electron chi connectivity index (χ1n) is 10.8. The maximum absolute atomic E-state index is 13.8. The van der Waals surface area contributed by atoms with E-state index < -0.39 is 15.9 Å². The van der Waals surface area contributed by atoms with Crippen molar-refractivity contribution in [1.29, 1.82) is 0 Å². The fourth-order valence-corrected chi connectivity index (χ4v) is 4.92. The second kappa shape index (κ2) is 10.8. The van der Waals surface area contributed by atoms with Crippen LogP contribution in [0.5, 0.6) is 5.75 Å². The number of para-hydroxylation sites is 1. The Morgan fingerprint density at radius 1 is 0.886 bits per heavy atom. The average Bonchev–Trinajstić information content (AvgIpc) is 2.89. The predicted molar refractivity (Wildman–Crippen MR) is 135 cm³/mol. The molecule has 0 N–H and O–H groups in total. The lowest BCUT2D eigenvalue weighted by Crippen LogP contribution is -2.38. The van der Waals surface area contributed by atoms with E-state index in [1.54, 1.807) is 79.4 Å². The van der Waals surface area contributed by atoms with Gasteiger partial charge in [0.05, 0.1) is 24.1 Å². The number of pyridine rings is 2. The van der Waals surface area contributed by atoms with Crippen LogP contribution in [-0.2, 0) is 21.2 Å². The zero-order valence-corrected chi connectivity index (χ0v) is 19.8. The summed E-state index contributed by atoms with van der Waals surface area (Å²) in [4.78, 5) is 21.6. The van der Waals surface area contributed by atoms with Gasteiger partial charge in [-0.25, -0.2) is 12.7 Å². The minimum Gasteiger partial charge on any atom is -0.497 e. The Bertz CT molecular complexity index is 1420. The summed E-state index contributed by atoms with van der Waals surface area (Å²) < 4.78 is 33.6. The number of aromatic nitrogens is 2. The van der Waals surface area contributed by atoms with Crippen LogP contribution in [0.1, 0.15) is 16.7 Å². The van der Waals surface area contributed by atoms with Crippen LogP contribution in [0.2, 0.25) is 0 Å². The molecule has 0 fully saturated rings. The largest absolute Gasteiger partial charge is 0.497 e. The highest BCUT2D eigenvalue weighted by atomic mass is 32.2. The number of carbonyl (C=O) groups is 1. The molecule has 8 heteroatoms. The number of hydrogen-bond acceptors (Lipinski definition) is 6. The summed E-state index contributed by atoms with van der Waals surface area (Å²) in [5, 5.41) is 0. The molecule has 7 nitrogen and oxygen atoms in total. The van der Waals surface area contributed by atoms with Gasteiger partial charge in [0.25, 0.3) is 10.0 Å². The van der Waals surface area contributed by atoms with E-state index in [-0.39, 0.29) is 17.0 Å². The fourth-order valence-electron chi connectivity index (χ4n) is 3.47. The van der Waals surface area contributed by atoms with Gasteiger partial charge in [0, 0.05) is 24.8 Å². The van der Waals surface area contributed by atoms with Crippen LogP contribution >= 0.6 is 0 Å². The van der Waals surface area contributed by atoms with Gasteiger partial charge in [-0.1, -0.05) is 36.4 Å². The molecule has 0 radical (unpaired) electrons. The molecule has 0 spiro atoms. The first kappa shape index (κ1) is 23.8. The van der Waals surface area contributed by atoms with Gasteiger partial charge in [-0.3, -0.25) is 14.8 Å². The highest BCUT2D eigenvalue weighted by Gasteiger charge is 2.32. The highest BCUT2D eigenvalue weighted by Crippen LogP contribution is 2.30. The first-order chi connectivity index (χ1) is 17.0. The lowest BCUT2D eigenvalue weighted by Gasteiger charge is -2.24. The monoisotopic (exact) mass is 485 g/mol. The lowest BCUT2D eigenvalue weighted by atomic mass is 10.1. The van der Waals surface area contributed by atoms with Gasteiger partial charge in [-0.05, 0) is 65.2 Å². The van der Waals surface area contributed by atoms with Crippen LogP contribution in [0.15, 0.2) is 102 Å². The Hall–Kier alpha value is -4.30. The molecule has 0 aliphatic rings. The second-order valence-corrected chi connectivity index (χ2v) is 9.34. The molecule has 0 unspecified atom stereocenters. The van der Waals surface area contributed by atoms with Crippen molar-refractivity contribution in [1.82, 2.24) is 9.97 Å². The van der Waals surface area contributed by atoms with Crippen molar-refractivity contribution >= 4 is 33.8 Å². The third-order valence-electron chi connectivity index (χ3n) is 5.22. The molecule has 2 aromatic carbocycles. The van der Waals surface area contributed by atoms with E-state index in [0.29, 0.717) is 16.9 Å². The Morgan fingerprint density at radius 3 is 2.31 bits per heavy atom. The van der Waals surface area contributed by atoms with Gasteiger partial charge in [0.1, 0.15) is 5.75 Å². The fraction of sp³-hybridized carbons (Fsp3) is 0.0741. The van der Waals surface area contributed by atoms with Gasteiger partial charge in [0.2, 0.25) is 5.91 Å². The Balaban J connectivity index is 1.80. The van der Waals surface area contributed by atoms with E-state index in [9.17, 15) is 13.2 Å². The summed E-state index contributed by atoms with van der Waals surface area (Å²) in [5.74, 6) is -0.0866. The minimum atomic E-state index is -4.24. The second-order valence-electron chi connectivity index (χ2n) is 7.55. The van der Waals surface area contributed by atoms with Crippen LogP contribution in [0, 0.1) is 0 Å². The van der Waals surface area contributed by atoms with Crippen molar-refractivity contribution in [3.8, 4) is 5.75 Å². The number of hydrogen-bond donors (Lipinski definition) is 0. The molecular formula is C27H23N3O4S. The summed E-state index contributed by atoms with van der Waals surface area (Å²) in [5.41, 5.74) is 2.32. The van der Waals surface area contributed by atoms with Gasteiger partial charge in [0.15, 0.2) is 0 Å². The summed E-state index contributed by atoms with van der Waals surface area (Å²) in [6.07, 6.45) is 9.96. The molecule has 4 aromatic rings. The molecule has 0 aliphatic carbocycles. The van der Waals surface area contributed by atoms with E-state index in [1.807, 2.05) is 18.2 Å². The molecule has 4 rings (SSSR count). The molecule has 0 bridgehead atoms. The zero-order chi connectivity index (χ0) is 24.7. The molecule has 2 aromatic heterocycles. The molecular weight excluding hydrogens is 462 g/mol. The van der Waals surface area contributed by atoms with Crippen molar-refractivity contribution in [3.05, 3.63) is 114 Å². The van der Waals surface area contributed by atoms with E-state index >= 15 is 0 Å². The maximum atomic E-state index is 13.8. The molecule has 0 saturated heterocycles. The van der Waals surface area contributed by atoms with Gasteiger partial charge in [-0.15, -0.1) is 0 Å². The number of methoxy groups -OCH3 is 1. The Kier molecular flexibility index (Phi) is 7.32. The number of amides is 1. The third kappa shape index (κ3) is 5.62. The molecule has 0 saturated carbocycles. The summed E-state index contributed by atoms with van der Waals surface area (Å²) in [7, 11) is -2.74. The number of carbonyl (C=O) groups excluding carboxylic acids is 1. The van der Waals surface area contributed by atoms with E-state index in [1.165, 1.54) is 19.2 Å². The third-order valence-corrected chi connectivity index (χ3v) is 6.97. The number of nitrogens with zero attached hydrogens (tertiary/aromatic N) is 3. The Morgan fingerprint density at radius 2 is 1.63 bits per heavy atom. The molecule has 0 aliphatic heterocycles. The standard InChI is InChI=1S/C27H23N3O4S/c1-34-24-10-12-25(13-11-24)35(32,33)30(27(31)19-22-5-4-16-29-20-22)26-7-3-2-6-23(26)9-8-21-14-17-28-18-15-21/h2-18,20H,19H2,1H3. The quantitative estimate of drug-likeness (QED) is 0.362. The number of ether oxygens (including phenoxy) is 1. The van der Waals surface area contributed by atoms with E-state index in [4.69, 9.17) is 4.74 Å². The van der Waals surface area contributed by atoms with Crippen molar-refractivity contribution < 1.29 is 17.9 Å². The predicted octanol–water partition coefficient (Wildman–Crippen LogP) is 4.62. The maximum Gasteiger partial charge on any atom is 0.270 e. The minimum absolute atomic E-state index is 0.0225. The summed E-state index contributed by atoms with van der Waals surface area (Å²) in [6, 6.07) is 19.9. The van der Waals surface area contributed by atoms with Crippen LogP contribution in [-0.4, -0.2) is 31.4 Å². The Labute approximate surface area is 204 Å². The molecule has 1 amide bonds. The average molecular weight is 486 g/mol. The van der Waals surface area contributed by atoms with Crippen LogP contribution in [0.25, 0.3) is 12.2 Å². The summed E-state index contributed by atoms with van der Waals surface area (Å²) in [6.45, 7) is 0. The lowest BCUT2D eigenvalue weighted by molar-refractivity contribution is -0.116. The van der Waals surface area contributed by atoms with Crippen LogP contribution in [0.3, 0.4) is 0 Å². The molecule has 0 atom stereocenters. The van der Waals surface area contributed by atoms with Crippen LogP contribution < -0.4 is 9.04 Å². The smallest absolute Gasteiger partial charge is 0.270 e.